The van der Waals surface area contributed by atoms with Crippen LogP contribution in [0.5, 0.6) is 0 Å². The van der Waals surface area contributed by atoms with E-state index in [1.807, 2.05) is 0 Å². The number of aliphatic hydroxyl groups excluding tert-OH is 3. The predicted molar refractivity (Wildman–Crippen MR) is 271 cm³/mol. The Bertz CT molecular complexity index is 1260. The van der Waals surface area contributed by atoms with Crippen LogP contribution in [-0.2, 0) is 38.3 Å². The van der Waals surface area contributed by atoms with E-state index in [-0.39, 0.29) is 19.6 Å². The molecular weight excluding hydrogens is 873 g/mol. The van der Waals surface area contributed by atoms with Gasteiger partial charge in [-0.25, -0.2) is 4.18 Å². The highest BCUT2D eigenvalue weighted by Gasteiger charge is 2.48. The van der Waals surface area contributed by atoms with Crippen molar-refractivity contribution >= 4 is 16.4 Å². The lowest BCUT2D eigenvalue weighted by molar-refractivity contribution is -0.301. The molecule has 0 aromatic heterocycles. The van der Waals surface area contributed by atoms with Crippen LogP contribution in [0.25, 0.3) is 0 Å². The lowest BCUT2D eigenvalue weighted by Crippen LogP contribution is -2.60. The first-order valence-electron chi connectivity index (χ1n) is 27.6. The van der Waals surface area contributed by atoms with Crippen molar-refractivity contribution < 1.29 is 56.2 Å². The molecule has 0 aromatic rings. The molecule has 1 fully saturated rings. The molecule has 0 aliphatic carbocycles. The Labute approximate surface area is 410 Å². The van der Waals surface area contributed by atoms with Crippen molar-refractivity contribution in [2.75, 3.05) is 26.4 Å². The quantitative estimate of drug-likeness (QED) is 0.0197. The summed E-state index contributed by atoms with van der Waals surface area (Å²) in [6.07, 6.45) is 45.0. The molecule has 6 atom stereocenters. The average Bonchev–Trinajstić information content (AvgIpc) is 3.30. The molecule has 396 valence electrons. The SMILES string of the molecule is CCCCCCC/C=C\C/C=C\CCCCCCCCCCCCCCCC(=O)OC(COCCCCCCCCCCCCCCCCC)COC1OC(CO)C(O)C(OS(=O)(=O)O)C1O. The Morgan fingerprint density at radius 3 is 1.42 bits per heavy atom. The Morgan fingerprint density at radius 2 is 0.985 bits per heavy atom. The number of hydrogen-bond acceptors (Lipinski definition) is 11. The van der Waals surface area contributed by atoms with Crippen molar-refractivity contribution in [3.05, 3.63) is 24.3 Å². The van der Waals surface area contributed by atoms with Gasteiger partial charge in [0.05, 0.1) is 19.8 Å². The Kier molecular flexibility index (Phi) is 43.4. The molecule has 0 amide bonds. The molecule has 0 spiro atoms. The van der Waals surface area contributed by atoms with Gasteiger partial charge in [0, 0.05) is 13.0 Å². The van der Waals surface area contributed by atoms with Crippen LogP contribution < -0.4 is 0 Å². The number of rotatable bonds is 49. The lowest BCUT2D eigenvalue weighted by atomic mass is 9.99. The maximum absolute atomic E-state index is 12.9. The number of carbonyl (C=O) groups excluding carboxylic acids is 1. The van der Waals surface area contributed by atoms with Gasteiger partial charge in [0.1, 0.15) is 30.5 Å². The molecule has 0 radical (unpaired) electrons. The molecule has 4 N–H and O–H groups in total. The standard InChI is InChI=1S/C54H102O12S/c1-3-5-7-9-11-13-15-17-19-20-21-22-23-24-25-26-27-28-29-31-33-35-37-39-41-43-50(56)64-48(47-63-54-52(58)53(66-67(59,60)61)51(57)49(45-55)65-54)46-62-44-42-40-38-36-34-32-30-18-16-14-12-10-8-6-4-2/h15,17,20-21,48-49,51-55,57-58H,3-14,16,18-19,22-47H2,1-2H3,(H,59,60,61)/b17-15-,21-20-. The third kappa shape index (κ3) is 39.0. The van der Waals surface area contributed by atoms with Crippen LogP contribution in [0.1, 0.15) is 251 Å². The van der Waals surface area contributed by atoms with E-state index in [9.17, 15) is 33.1 Å². The van der Waals surface area contributed by atoms with Crippen molar-refractivity contribution in [1.82, 2.24) is 0 Å². The number of unbranched alkanes of at least 4 members (excludes halogenated alkanes) is 32. The van der Waals surface area contributed by atoms with Crippen molar-refractivity contribution in [1.29, 1.82) is 0 Å². The van der Waals surface area contributed by atoms with Gasteiger partial charge < -0.3 is 34.3 Å². The first kappa shape index (κ1) is 63.6. The number of ether oxygens (including phenoxy) is 4. The fourth-order valence-electron chi connectivity index (χ4n) is 8.65. The molecule has 1 aliphatic heterocycles. The number of aliphatic hydroxyl groups is 3. The van der Waals surface area contributed by atoms with Crippen LogP contribution >= 0.6 is 0 Å². The van der Waals surface area contributed by atoms with E-state index in [0.717, 1.165) is 44.9 Å². The molecule has 0 bridgehead atoms. The number of allylic oxidation sites excluding steroid dienone is 4. The number of esters is 1. The molecule has 1 rings (SSSR count). The third-order valence-electron chi connectivity index (χ3n) is 12.8. The molecule has 0 saturated carbocycles. The summed E-state index contributed by atoms with van der Waals surface area (Å²) in [7, 11) is -5.06. The fourth-order valence-corrected chi connectivity index (χ4v) is 9.16. The molecule has 1 heterocycles. The van der Waals surface area contributed by atoms with Crippen molar-refractivity contribution in [2.24, 2.45) is 0 Å². The number of carbonyl (C=O) groups is 1. The normalized spacial score (nSPS) is 19.5. The molecule has 67 heavy (non-hydrogen) atoms. The van der Waals surface area contributed by atoms with Crippen LogP contribution in [0.3, 0.4) is 0 Å². The minimum atomic E-state index is -5.06. The zero-order valence-corrected chi connectivity index (χ0v) is 43.5. The highest BCUT2D eigenvalue weighted by molar-refractivity contribution is 7.80. The van der Waals surface area contributed by atoms with E-state index in [1.54, 1.807) is 0 Å². The molecule has 1 saturated heterocycles. The van der Waals surface area contributed by atoms with Crippen molar-refractivity contribution in [3.63, 3.8) is 0 Å². The third-order valence-corrected chi connectivity index (χ3v) is 13.3. The summed E-state index contributed by atoms with van der Waals surface area (Å²) in [6.45, 7) is 4.03. The Morgan fingerprint density at radius 1 is 0.567 bits per heavy atom. The molecule has 13 heteroatoms. The van der Waals surface area contributed by atoms with Crippen LogP contribution in [0.2, 0.25) is 0 Å². The summed E-state index contributed by atoms with van der Waals surface area (Å²) in [4.78, 5) is 12.9. The highest BCUT2D eigenvalue weighted by Crippen LogP contribution is 2.26. The largest absolute Gasteiger partial charge is 0.457 e. The second-order valence-electron chi connectivity index (χ2n) is 19.2. The van der Waals surface area contributed by atoms with E-state index in [0.29, 0.717) is 13.0 Å². The van der Waals surface area contributed by atoms with Gasteiger partial charge in [0.25, 0.3) is 0 Å². The first-order chi connectivity index (χ1) is 32.6. The van der Waals surface area contributed by atoms with Crippen LogP contribution in [0.15, 0.2) is 24.3 Å². The zero-order valence-electron chi connectivity index (χ0n) is 42.7. The van der Waals surface area contributed by atoms with E-state index >= 15 is 0 Å². The average molecular weight is 975 g/mol. The second kappa shape index (κ2) is 45.7. The van der Waals surface area contributed by atoms with E-state index in [1.165, 1.54) is 180 Å². The van der Waals surface area contributed by atoms with Gasteiger partial charge in [-0.15, -0.1) is 0 Å². The van der Waals surface area contributed by atoms with Gasteiger partial charge in [-0.1, -0.05) is 224 Å². The highest BCUT2D eigenvalue weighted by atomic mass is 32.3. The minimum Gasteiger partial charge on any atom is -0.457 e. The van der Waals surface area contributed by atoms with Crippen molar-refractivity contribution in [3.8, 4) is 0 Å². The summed E-state index contributed by atoms with van der Waals surface area (Å²) < 4.78 is 59.3. The Balaban J connectivity index is 2.29. The zero-order chi connectivity index (χ0) is 48.9. The number of hydrogen-bond donors (Lipinski definition) is 4. The van der Waals surface area contributed by atoms with Gasteiger partial charge in [-0.3, -0.25) is 9.35 Å². The summed E-state index contributed by atoms with van der Waals surface area (Å²) in [5.74, 6) is -0.395. The first-order valence-corrected chi connectivity index (χ1v) is 29.0. The molecule has 12 nitrogen and oxygen atoms in total. The van der Waals surface area contributed by atoms with E-state index in [2.05, 4.69) is 42.3 Å². The smallest absolute Gasteiger partial charge is 0.397 e. The van der Waals surface area contributed by atoms with Gasteiger partial charge >= 0.3 is 16.4 Å². The minimum absolute atomic E-state index is 0.0411. The fraction of sp³-hybridized carbons (Fsp3) is 0.907. The molecule has 1 aliphatic rings. The monoisotopic (exact) mass is 975 g/mol. The topological polar surface area (TPSA) is 178 Å². The predicted octanol–water partition coefficient (Wildman–Crippen LogP) is 13.1. The van der Waals surface area contributed by atoms with Gasteiger partial charge in [-0.05, 0) is 44.9 Å². The molecular formula is C54H102O12S. The van der Waals surface area contributed by atoms with Gasteiger partial charge in [-0.2, -0.15) is 8.42 Å². The summed E-state index contributed by atoms with van der Waals surface area (Å²) in [5, 5.41) is 30.8. The van der Waals surface area contributed by atoms with Crippen molar-refractivity contribution in [2.45, 2.75) is 288 Å². The second-order valence-corrected chi connectivity index (χ2v) is 20.2. The maximum atomic E-state index is 12.9. The Hall–Kier alpha value is -1.42. The van der Waals surface area contributed by atoms with E-state index < -0.39 is 59.8 Å². The lowest BCUT2D eigenvalue weighted by Gasteiger charge is -2.41. The maximum Gasteiger partial charge on any atom is 0.397 e. The summed E-state index contributed by atoms with van der Waals surface area (Å²) >= 11 is 0. The van der Waals surface area contributed by atoms with Crippen LogP contribution in [0, 0.1) is 0 Å². The summed E-state index contributed by atoms with van der Waals surface area (Å²) in [6, 6.07) is 0. The van der Waals surface area contributed by atoms with Crippen LogP contribution in [-0.4, -0.2) is 97.5 Å². The molecule has 6 unspecified atom stereocenters. The van der Waals surface area contributed by atoms with Gasteiger partial charge in [0.2, 0.25) is 0 Å². The summed E-state index contributed by atoms with van der Waals surface area (Å²) in [5.41, 5.74) is 0. The van der Waals surface area contributed by atoms with Gasteiger partial charge in [0.15, 0.2) is 6.29 Å². The van der Waals surface area contributed by atoms with Crippen LogP contribution in [0.4, 0.5) is 0 Å². The van der Waals surface area contributed by atoms with E-state index in [4.69, 9.17) is 18.9 Å². The molecule has 0 aromatic carbocycles.